The smallest absolute Gasteiger partial charge is 0.169 e. The molecular formula is C14H24BrNO. The molecular weight excluding hydrogens is 278 g/mol. The number of rotatable bonds is 8. The molecule has 1 N–H and O–H groups in total. The van der Waals surface area contributed by atoms with Crippen LogP contribution in [0.25, 0.3) is 0 Å². The lowest BCUT2D eigenvalue weighted by atomic mass is 9.99. The highest BCUT2D eigenvalue weighted by Gasteiger charge is 2.12. The normalized spacial score (nSPS) is 14.8. The van der Waals surface area contributed by atoms with Gasteiger partial charge < -0.3 is 9.73 Å². The Kier molecular flexibility index (Phi) is 6.90. The molecule has 2 unspecified atom stereocenters. The van der Waals surface area contributed by atoms with Gasteiger partial charge in [0.05, 0.1) is 6.04 Å². The molecule has 0 bridgehead atoms. The molecule has 0 aliphatic carbocycles. The summed E-state index contributed by atoms with van der Waals surface area (Å²) in [7, 11) is 0. The molecule has 0 aliphatic rings. The Hall–Kier alpha value is -0.280. The van der Waals surface area contributed by atoms with E-state index < -0.39 is 0 Å². The van der Waals surface area contributed by atoms with E-state index in [1.165, 1.54) is 25.7 Å². The van der Waals surface area contributed by atoms with Gasteiger partial charge in [-0.2, -0.15) is 0 Å². The molecule has 0 fully saturated rings. The summed E-state index contributed by atoms with van der Waals surface area (Å²) in [6.07, 6.45) is 5.20. The SMILES string of the molecule is CCCCC(CC)CNC(C)c1ccc(Br)o1. The third-order valence-corrected chi connectivity index (χ3v) is 3.70. The first-order valence-corrected chi connectivity index (χ1v) is 7.45. The van der Waals surface area contributed by atoms with Gasteiger partial charge in [-0.1, -0.05) is 33.1 Å². The van der Waals surface area contributed by atoms with E-state index in [-0.39, 0.29) is 6.04 Å². The second-order valence-electron chi connectivity index (χ2n) is 4.69. The van der Waals surface area contributed by atoms with Crippen LogP contribution in [0.3, 0.4) is 0 Å². The minimum absolute atomic E-state index is 0.289. The zero-order chi connectivity index (χ0) is 12.7. The van der Waals surface area contributed by atoms with Crippen LogP contribution in [0, 0.1) is 5.92 Å². The maximum absolute atomic E-state index is 5.55. The molecule has 2 atom stereocenters. The summed E-state index contributed by atoms with van der Waals surface area (Å²) >= 11 is 3.33. The fourth-order valence-electron chi connectivity index (χ4n) is 1.95. The van der Waals surface area contributed by atoms with Crippen molar-refractivity contribution in [3.8, 4) is 0 Å². The lowest BCUT2D eigenvalue weighted by molar-refractivity contribution is 0.365. The summed E-state index contributed by atoms with van der Waals surface area (Å²) in [5.74, 6) is 1.79. The second-order valence-corrected chi connectivity index (χ2v) is 5.47. The van der Waals surface area contributed by atoms with E-state index in [4.69, 9.17) is 4.42 Å². The minimum Gasteiger partial charge on any atom is -0.453 e. The third-order valence-electron chi connectivity index (χ3n) is 3.28. The van der Waals surface area contributed by atoms with Crippen LogP contribution in [0.5, 0.6) is 0 Å². The van der Waals surface area contributed by atoms with Crippen molar-refractivity contribution in [2.45, 2.75) is 52.5 Å². The van der Waals surface area contributed by atoms with Gasteiger partial charge in [-0.15, -0.1) is 0 Å². The molecule has 0 amide bonds. The maximum Gasteiger partial charge on any atom is 0.169 e. The van der Waals surface area contributed by atoms with Crippen LogP contribution in [-0.2, 0) is 0 Å². The van der Waals surface area contributed by atoms with Crippen molar-refractivity contribution in [3.63, 3.8) is 0 Å². The highest BCUT2D eigenvalue weighted by molar-refractivity contribution is 9.10. The van der Waals surface area contributed by atoms with Crippen LogP contribution in [0.4, 0.5) is 0 Å². The minimum atomic E-state index is 0.289. The van der Waals surface area contributed by atoms with Gasteiger partial charge in [-0.3, -0.25) is 0 Å². The standard InChI is InChI=1S/C14H24BrNO/c1-4-6-7-12(5-2)10-16-11(3)13-8-9-14(15)17-13/h8-9,11-12,16H,4-7,10H2,1-3H3. The van der Waals surface area contributed by atoms with Gasteiger partial charge in [0.25, 0.3) is 0 Å². The Balaban J connectivity index is 2.33. The Bertz CT molecular complexity index is 311. The Morgan fingerprint density at radius 1 is 1.35 bits per heavy atom. The lowest BCUT2D eigenvalue weighted by Crippen LogP contribution is -2.25. The highest BCUT2D eigenvalue weighted by atomic mass is 79.9. The molecule has 3 heteroatoms. The van der Waals surface area contributed by atoms with Crippen molar-refractivity contribution < 1.29 is 4.42 Å². The summed E-state index contributed by atoms with van der Waals surface area (Å²) in [5, 5.41) is 3.56. The Morgan fingerprint density at radius 2 is 2.12 bits per heavy atom. The number of halogens is 1. The maximum atomic E-state index is 5.55. The number of hydrogen-bond donors (Lipinski definition) is 1. The van der Waals surface area contributed by atoms with Crippen LogP contribution in [0.15, 0.2) is 21.2 Å². The average Bonchev–Trinajstić information content (AvgIpc) is 2.76. The highest BCUT2D eigenvalue weighted by Crippen LogP contribution is 2.21. The molecule has 2 nitrogen and oxygen atoms in total. The van der Waals surface area contributed by atoms with Gasteiger partial charge >= 0.3 is 0 Å². The number of nitrogens with one attached hydrogen (secondary N) is 1. The molecule has 0 radical (unpaired) electrons. The number of hydrogen-bond acceptors (Lipinski definition) is 2. The molecule has 0 spiro atoms. The van der Waals surface area contributed by atoms with Gasteiger partial charge in [0.2, 0.25) is 0 Å². The topological polar surface area (TPSA) is 25.2 Å². The summed E-state index contributed by atoms with van der Waals surface area (Å²) in [4.78, 5) is 0. The summed E-state index contributed by atoms with van der Waals surface area (Å²) in [6, 6.07) is 4.26. The van der Waals surface area contributed by atoms with Crippen molar-refractivity contribution in [1.82, 2.24) is 5.32 Å². The van der Waals surface area contributed by atoms with E-state index in [2.05, 4.69) is 42.0 Å². The monoisotopic (exact) mass is 301 g/mol. The van der Waals surface area contributed by atoms with Crippen LogP contribution >= 0.6 is 15.9 Å². The predicted molar refractivity (Wildman–Crippen MR) is 76.1 cm³/mol. The Labute approximate surface area is 113 Å². The largest absolute Gasteiger partial charge is 0.453 e. The molecule has 1 rings (SSSR count). The van der Waals surface area contributed by atoms with Crippen molar-refractivity contribution in [2.75, 3.05) is 6.54 Å². The van der Waals surface area contributed by atoms with Gasteiger partial charge in [-0.05, 0) is 53.9 Å². The second kappa shape index (κ2) is 7.93. The van der Waals surface area contributed by atoms with E-state index in [0.29, 0.717) is 0 Å². The molecule has 0 saturated heterocycles. The van der Waals surface area contributed by atoms with Crippen molar-refractivity contribution >= 4 is 15.9 Å². The third kappa shape index (κ3) is 5.26. The molecule has 1 aromatic rings. The van der Waals surface area contributed by atoms with Crippen LogP contribution < -0.4 is 5.32 Å². The lowest BCUT2D eigenvalue weighted by Gasteiger charge is -2.18. The molecule has 0 saturated carbocycles. The first-order chi connectivity index (χ1) is 8.17. The van der Waals surface area contributed by atoms with Gasteiger partial charge in [0.15, 0.2) is 4.67 Å². The van der Waals surface area contributed by atoms with E-state index in [1.807, 2.05) is 12.1 Å². The van der Waals surface area contributed by atoms with Crippen molar-refractivity contribution in [3.05, 3.63) is 22.6 Å². The molecule has 0 aliphatic heterocycles. The zero-order valence-electron chi connectivity index (χ0n) is 11.1. The van der Waals surface area contributed by atoms with Gasteiger partial charge in [0, 0.05) is 0 Å². The van der Waals surface area contributed by atoms with Crippen molar-refractivity contribution in [1.29, 1.82) is 0 Å². The fraction of sp³-hybridized carbons (Fsp3) is 0.714. The van der Waals surface area contributed by atoms with Gasteiger partial charge in [0.1, 0.15) is 5.76 Å². The summed E-state index contributed by atoms with van der Waals surface area (Å²) < 4.78 is 6.35. The summed E-state index contributed by atoms with van der Waals surface area (Å²) in [5.41, 5.74) is 0. The number of furan rings is 1. The summed E-state index contributed by atoms with van der Waals surface area (Å²) in [6.45, 7) is 7.76. The van der Waals surface area contributed by atoms with Crippen LogP contribution in [0.2, 0.25) is 0 Å². The molecule has 17 heavy (non-hydrogen) atoms. The van der Waals surface area contributed by atoms with E-state index in [0.717, 1.165) is 22.9 Å². The van der Waals surface area contributed by atoms with Crippen LogP contribution in [-0.4, -0.2) is 6.54 Å². The van der Waals surface area contributed by atoms with E-state index in [9.17, 15) is 0 Å². The predicted octanol–water partition coefficient (Wildman–Crippen LogP) is 4.91. The first-order valence-electron chi connectivity index (χ1n) is 6.66. The molecule has 1 aromatic heterocycles. The van der Waals surface area contributed by atoms with E-state index >= 15 is 0 Å². The molecule has 0 aromatic carbocycles. The average molecular weight is 302 g/mol. The zero-order valence-corrected chi connectivity index (χ0v) is 12.7. The Morgan fingerprint density at radius 3 is 2.65 bits per heavy atom. The van der Waals surface area contributed by atoms with Crippen LogP contribution in [0.1, 0.15) is 58.3 Å². The fourth-order valence-corrected chi connectivity index (χ4v) is 2.27. The quantitative estimate of drug-likeness (QED) is 0.738. The first kappa shape index (κ1) is 14.8. The molecule has 98 valence electrons. The van der Waals surface area contributed by atoms with Gasteiger partial charge in [-0.25, -0.2) is 0 Å². The molecule has 1 heterocycles. The van der Waals surface area contributed by atoms with E-state index in [1.54, 1.807) is 0 Å². The van der Waals surface area contributed by atoms with Crippen molar-refractivity contribution in [2.24, 2.45) is 5.92 Å². The number of unbranched alkanes of at least 4 members (excludes halogenated alkanes) is 1.